The summed E-state index contributed by atoms with van der Waals surface area (Å²) in [5, 5.41) is 13.1. The molecule has 3 amide bonds. The first-order chi connectivity index (χ1) is 19.2. The molecule has 2 N–H and O–H groups in total. The minimum absolute atomic E-state index is 0.117. The van der Waals surface area contributed by atoms with Gasteiger partial charge in [0.2, 0.25) is 12.7 Å². The fourth-order valence-electron chi connectivity index (χ4n) is 5.41. The van der Waals surface area contributed by atoms with Crippen LogP contribution in [-0.2, 0) is 10.2 Å². The molecule has 206 valence electrons. The summed E-state index contributed by atoms with van der Waals surface area (Å²) in [6, 6.07) is 18.0. The van der Waals surface area contributed by atoms with Crippen LogP contribution in [0.15, 0.2) is 60.7 Å². The number of hydrogen-bond acceptors (Lipinski definition) is 6. The molecule has 2 heterocycles. The van der Waals surface area contributed by atoms with Gasteiger partial charge in [-0.25, -0.2) is 0 Å². The zero-order valence-corrected chi connectivity index (χ0v) is 22.5. The number of carbonyl (C=O) groups excluding carboxylic acids is 3. The van der Waals surface area contributed by atoms with Gasteiger partial charge in [-0.2, -0.15) is 0 Å². The van der Waals surface area contributed by atoms with Gasteiger partial charge in [0.05, 0.1) is 11.5 Å². The fraction of sp³-hybridized carbons (Fsp3) is 0.323. The quantitative estimate of drug-likeness (QED) is 0.493. The molecule has 2 aliphatic heterocycles. The van der Waals surface area contributed by atoms with E-state index in [0.29, 0.717) is 46.8 Å². The van der Waals surface area contributed by atoms with E-state index in [1.54, 1.807) is 49.3 Å². The molecule has 3 aromatic carbocycles. The molecule has 0 spiro atoms. The molecule has 0 radical (unpaired) electrons. The van der Waals surface area contributed by atoms with Crippen molar-refractivity contribution in [3.63, 3.8) is 0 Å². The average Bonchev–Trinajstić information content (AvgIpc) is 3.44. The Kier molecular flexibility index (Phi) is 6.46. The van der Waals surface area contributed by atoms with Crippen LogP contribution in [0.3, 0.4) is 0 Å². The Morgan fingerprint density at radius 1 is 0.975 bits per heavy atom. The highest BCUT2D eigenvalue weighted by molar-refractivity contribution is 6.05. The van der Waals surface area contributed by atoms with E-state index in [4.69, 9.17) is 9.47 Å². The molecule has 0 bridgehead atoms. The zero-order chi connectivity index (χ0) is 28.0. The van der Waals surface area contributed by atoms with Gasteiger partial charge in [0, 0.05) is 44.0 Å². The number of nitrogens with zero attached hydrogens (tertiary/aromatic N) is 2. The van der Waals surface area contributed by atoms with Gasteiger partial charge in [0.1, 0.15) is 0 Å². The molecule has 9 heteroatoms. The van der Waals surface area contributed by atoms with Crippen LogP contribution in [0.25, 0.3) is 11.1 Å². The second-order valence-corrected chi connectivity index (χ2v) is 10.8. The van der Waals surface area contributed by atoms with Crippen LogP contribution in [-0.4, -0.2) is 72.7 Å². The molecule has 1 aliphatic carbocycles. The van der Waals surface area contributed by atoms with E-state index in [1.807, 2.05) is 30.3 Å². The van der Waals surface area contributed by atoms with E-state index in [-0.39, 0.29) is 31.1 Å². The molecule has 1 atom stereocenters. The maximum atomic E-state index is 13.6. The fourth-order valence-corrected chi connectivity index (χ4v) is 5.41. The van der Waals surface area contributed by atoms with Gasteiger partial charge >= 0.3 is 0 Å². The van der Waals surface area contributed by atoms with Gasteiger partial charge in [0.25, 0.3) is 11.8 Å². The van der Waals surface area contributed by atoms with Gasteiger partial charge in [0.15, 0.2) is 11.5 Å². The molecule has 0 aromatic heterocycles. The Labute approximate surface area is 232 Å². The van der Waals surface area contributed by atoms with Crippen molar-refractivity contribution in [2.24, 2.45) is 0 Å². The summed E-state index contributed by atoms with van der Waals surface area (Å²) in [7, 11) is 3.39. The van der Waals surface area contributed by atoms with Crippen molar-refractivity contribution >= 4 is 23.4 Å². The maximum absolute atomic E-state index is 13.6. The minimum Gasteiger partial charge on any atom is -0.454 e. The third-order valence-corrected chi connectivity index (χ3v) is 7.92. The van der Waals surface area contributed by atoms with Gasteiger partial charge in [-0.1, -0.05) is 18.2 Å². The maximum Gasteiger partial charge on any atom is 0.254 e. The third-order valence-electron chi connectivity index (χ3n) is 7.92. The van der Waals surface area contributed by atoms with Crippen LogP contribution >= 0.6 is 0 Å². The van der Waals surface area contributed by atoms with E-state index in [1.165, 1.54) is 4.90 Å². The summed E-state index contributed by atoms with van der Waals surface area (Å²) < 4.78 is 10.9. The highest BCUT2D eigenvalue weighted by Crippen LogP contribution is 2.51. The first kappa shape index (κ1) is 25.9. The number of aliphatic hydroxyl groups is 1. The van der Waals surface area contributed by atoms with Crippen LogP contribution in [0.5, 0.6) is 11.5 Å². The molecule has 0 unspecified atom stereocenters. The Balaban J connectivity index is 1.31. The number of rotatable bonds is 6. The first-order valence-electron chi connectivity index (χ1n) is 13.4. The third kappa shape index (κ3) is 4.66. The number of anilines is 1. The van der Waals surface area contributed by atoms with Gasteiger partial charge < -0.3 is 29.7 Å². The van der Waals surface area contributed by atoms with E-state index < -0.39 is 11.5 Å². The summed E-state index contributed by atoms with van der Waals surface area (Å²) >= 11 is 0. The summed E-state index contributed by atoms with van der Waals surface area (Å²) in [6.07, 6.45) is 1.45. The molecule has 9 nitrogen and oxygen atoms in total. The summed E-state index contributed by atoms with van der Waals surface area (Å²) in [6.45, 7) is 0.934. The molecule has 1 saturated heterocycles. The topological polar surface area (TPSA) is 108 Å². The number of β-amino-alcohol motifs (C(OH)–C–C–N with tert-alkyl or cyclic N) is 1. The van der Waals surface area contributed by atoms with E-state index >= 15 is 0 Å². The van der Waals surface area contributed by atoms with Crippen molar-refractivity contribution in [3.8, 4) is 22.6 Å². The van der Waals surface area contributed by atoms with E-state index in [9.17, 15) is 19.5 Å². The van der Waals surface area contributed by atoms with Crippen molar-refractivity contribution in [1.82, 2.24) is 9.80 Å². The zero-order valence-electron chi connectivity index (χ0n) is 22.5. The Morgan fingerprint density at radius 3 is 2.40 bits per heavy atom. The summed E-state index contributed by atoms with van der Waals surface area (Å²) in [5.74, 6) is 0.898. The van der Waals surface area contributed by atoms with Crippen molar-refractivity contribution < 1.29 is 29.0 Å². The number of ether oxygens (including phenoxy) is 2. The lowest BCUT2D eigenvalue weighted by molar-refractivity contribution is -0.118. The molecular weight excluding hydrogens is 510 g/mol. The number of aliphatic hydroxyl groups excluding tert-OH is 1. The molecule has 2 fully saturated rings. The second kappa shape index (κ2) is 9.98. The lowest BCUT2D eigenvalue weighted by Gasteiger charge is -2.20. The lowest BCUT2D eigenvalue weighted by Crippen LogP contribution is -2.30. The van der Waals surface area contributed by atoms with Crippen molar-refractivity contribution in [2.75, 3.05) is 39.3 Å². The molecular formula is C31H31N3O6. The lowest BCUT2D eigenvalue weighted by atomic mass is 9.93. The number of nitrogens with one attached hydrogen (secondary N) is 1. The standard InChI is InChI=1S/C31H31N3O6/c1-33(2)28(36)20-5-3-19(4-6-20)25-16-22(8-9-24(25)29(37)34-14-11-23(35)17-34)32-30(38)31(12-13-31)21-7-10-26-27(15-21)40-18-39-26/h3-10,15-16,23,35H,11-14,17-18H2,1-2H3,(H,32,38)/t23-/m1/s1. The van der Waals surface area contributed by atoms with Crippen molar-refractivity contribution in [3.05, 3.63) is 77.4 Å². The molecule has 1 saturated carbocycles. The Bertz CT molecular complexity index is 1500. The predicted molar refractivity (Wildman–Crippen MR) is 149 cm³/mol. The van der Waals surface area contributed by atoms with E-state index in [2.05, 4.69) is 5.32 Å². The number of hydrogen-bond donors (Lipinski definition) is 2. The van der Waals surface area contributed by atoms with Gasteiger partial charge in [-0.3, -0.25) is 14.4 Å². The van der Waals surface area contributed by atoms with E-state index in [0.717, 1.165) is 24.0 Å². The molecule has 3 aromatic rings. The van der Waals surface area contributed by atoms with Gasteiger partial charge in [-0.15, -0.1) is 0 Å². The second-order valence-electron chi connectivity index (χ2n) is 10.8. The Hall–Kier alpha value is -4.37. The average molecular weight is 542 g/mol. The summed E-state index contributed by atoms with van der Waals surface area (Å²) in [5.41, 5.74) is 3.19. The molecule has 6 rings (SSSR count). The summed E-state index contributed by atoms with van der Waals surface area (Å²) in [4.78, 5) is 42.6. The normalized spacial score (nSPS) is 18.4. The largest absolute Gasteiger partial charge is 0.454 e. The monoisotopic (exact) mass is 541 g/mol. The van der Waals surface area contributed by atoms with Crippen molar-refractivity contribution in [2.45, 2.75) is 30.8 Å². The minimum atomic E-state index is -0.643. The number of amides is 3. The van der Waals surface area contributed by atoms with Crippen LogP contribution < -0.4 is 14.8 Å². The number of likely N-dealkylation sites (tertiary alicyclic amines) is 1. The highest BCUT2D eigenvalue weighted by atomic mass is 16.7. The number of fused-ring (bicyclic) bond motifs is 1. The number of carbonyl (C=O) groups is 3. The van der Waals surface area contributed by atoms with Crippen molar-refractivity contribution in [1.29, 1.82) is 0 Å². The van der Waals surface area contributed by atoms with Gasteiger partial charge in [-0.05, 0) is 78.4 Å². The smallest absolute Gasteiger partial charge is 0.254 e. The first-order valence-corrected chi connectivity index (χ1v) is 13.4. The number of benzene rings is 3. The molecule has 40 heavy (non-hydrogen) atoms. The van der Waals surface area contributed by atoms with Crippen LogP contribution in [0.2, 0.25) is 0 Å². The molecule has 3 aliphatic rings. The van der Waals surface area contributed by atoms with Crippen LogP contribution in [0, 0.1) is 0 Å². The highest BCUT2D eigenvalue weighted by Gasteiger charge is 2.51. The SMILES string of the molecule is CN(C)C(=O)c1ccc(-c2cc(NC(=O)C3(c4ccc5c(c4)OCO5)CC3)ccc2C(=O)N2CC[C@@H](O)C2)cc1. The van der Waals surface area contributed by atoms with Crippen LogP contribution in [0.1, 0.15) is 45.5 Å². The predicted octanol–water partition coefficient (Wildman–Crippen LogP) is 3.66. The Morgan fingerprint density at radius 2 is 1.73 bits per heavy atom. The van der Waals surface area contributed by atoms with Crippen LogP contribution in [0.4, 0.5) is 5.69 Å².